The maximum absolute atomic E-state index is 6.16. The van der Waals surface area contributed by atoms with Crippen molar-refractivity contribution in [1.82, 2.24) is 14.9 Å². The lowest BCUT2D eigenvalue weighted by molar-refractivity contribution is 0.387. The van der Waals surface area contributed by atoms with Gasteiger partial charge in [-0.3, -0.25) is 0 Å². The Morgan fingerprint density at radius 2 is 2.25 bits per heavy atom. The molecule has 0 spiro atoms. The average molecular weight is 292 g/mol. The molecule has 0 saturated carbocycles. The summed E-state index contributed by atoms with van der Waals surface area (Å²) in [5.74, 6) is 1.24. The summed E-state index contributed by atoms with van der Waals surface area (Å²) in [5.41, 5.74) is 2.42. The molecular weight excluding hydrogens is 270 g/mol. The number of fused-ring (bicyclic) bond motifs is 1. The minimum absolute atomic E-state index is 0.191. The molecule has 1 aliphatic rings. The van der Waals surface area contributed by atoms with Gasteiger partial charge in [-0.1, -0.05) is 24.9 Å². The molecule has 2 aromatic rings. The minimum atomic E-state index is 0.191. The smallest absolute Gasteiger partial charge is 0.117 e. The topological polar surface area (TPSA) is 29.9 Å². The lowest BCUT2D eigenvalue weighted by Crippen LogP contribution is -2.32. The van der Waals surface area contributed by atoms with Crippen molar-refractivity contribution in [3.63, 3.8) is 0 Å². The highest BCUT2D eigenvalue weighted by Crippen LogP contribution is 2.37. The summed E-state index contributed by atoms with van der Waals surface area (Å²) in [6.07, 6.45) is 3.56. The minimum Gasteiger partial charge on any atom is -0.328 e. The van der Waals surface area contributed by atoms with Gasteiger partial charge >= 0.3 is 0 Å². The van der Waals surface area contributed by atoms with Crippen molar-refractivity contribution in [2.45, 2.75) is 45.1 Å². The summed E-state index contributed by atoms with van der Waals surface area (Å²) in [5, 5.41) is 4.31. The van der Waals surface area contributed by atoms with Gasteiger partial charge in [-0.05, 0) is 44.5 Å². The number of halogens is 1. The Morgan fingerprint density at radius 3 is 2.90 bits per heavy atom. The highest BCUT2D eigenvalue weighted by Gasteiger charge is 2.39. The number of aromatic nitrogens is 2. The maximum atomic E-state index is 6.16. The van der Waals surface area contributed by atoms with Crippen LogP contribution in [0, 0.1) is 0 Å². The zero-order chi connectivity index (χ0) is 14.2. The van der Waals surface area contributed by atoms with Crippen molar-refractivity contribution in [1.29, 1.82) is 0 Å². The van der Waals surface area contributed by atoms with Gasteiger partial charge in [0.25, 0.3) is 0 Å². The molecule has 4 heteroatoms. The first-order chi connectivity index (χ1) is 9.70. The Bertz CT molecular complexity index is 611. The van der Waals surface area contributed by atoms with E-state index < -0.39 is 0 Å². The highest BCUT2D eigenvalue weighted by atomic mass is 35.5. The van der Waals surface area contributed by atoms with Crippen molar-refractivity contribution in [2.75, 3.05) is 13.1 Å². The Morgan fingerprint density at radius 1 is 1.40 bits per heavy atom. The monoisotopic (exact) mass is 291 g/mol. The van der Waals surface area contributed by atoms with E-state index in [1.54, 1.807) is 0 Å². The second-order valence-electron chi connectivity index (χ2n) is 5.77. The van der Waals surface area contributed by atoms with Gasteiger partial charge in [0.05, 0.1) is 11.0 Å². The van der Waals surface area contributed by atoms with Gasteiger partial charge in [0.2, 0.25) is 0 Å². The number of hydrogen-bond donors (Lipinski definition) is 1. The highest BCUT2D eigenvalue weighted by molar-refractivity contribution is 6.31. The molecule has 1 N–H and O–H groups in total. The molecule has 1 unspecified atom stereocenters. The zero-order valence-corrected chi connectivity index (χ0v) is 13.0. The lowest BCUT2D eigenvalue weighted by atomic mass is 9.81. The van der Waals surface area contributed by atoms with E-state index in [-0.39, 0.29) is 5.41 Å². The fourth-order valence-electron chi connectivity index (χ4n) is 3.56. The third-order valence-electron chi connectivity index (χ3n) is 4.47. The van der Waals surface area contributed by atoms with E-state index in [4.69, 9.17) is 16.6 Å². The number of aryl methyl sites for hydroxylation is 1. The number of hydrogen-bond acceptors (Lipinski definition) is 2. The Hall–Kier alpha value is -1.06. The molecular formula is C16H22ClN3. The van der Waals surface area contributed by atoms with E-state index in [9.17, 15) is 0 Å². The molecule has 20 heavy (non-hydrogen) atoms. The molecule has 1 atom stereocenters. The number of nitrogens with zero attached hydrogens (tertiary/aromatic N) is 2. The van der Waals surface area contributed by atoms with Crippen LogP contribution >= 0.6 is 11.6 Å². The second kappa shape index (κ2) is 5.38. The fourth-order valence-corrected chi connectivity index (χ4v) is 3.73. The van der Waals surface area contributed by atoms with Gasteiger partial charge in [0.15, 0.2) is 0 Å². The predicted molar refractivity (Wildman–Crippen MR) is 84.5 cm³/mol. The Balaban J connectivity index is 2.19. The summed E-state index contributed by atoms with van der Waals surface area (Å²) in [4.78, 5) is 4.96. The maximum Gasteiger partial charge on any atom is 0.117 e. The average Bonchev–Trinajstić information content (AvgIpc) is 3.03. The largest absolute Gasteiger partial charge is 0.328 e. The van der Waals surface area contributed by atoms with Crippen LogP contribution in [0.2, 0.25) is 5.02 Å². The van der Waals surface area contributed by atoms with Crippen LogP contribution in [0.1, 0.15) is 38.9 Å². The molecule has 1 aliphatic heterocycles. The molecule has 3 nitrogen and oxygen atoms in total. The van der Waals surface area contributed by atoms with Gasteiger partial charge in [0, 0.05) is 23.5 Å². The van der Waals surface area contributed by atoms with Crippen LogP contribution < -0.4 is 5.32 Å². The van der Waals surface area contributed by atoms with Gasteiger partial charge < -0.3 is 9.88 Å². The summed E-state index contributed by atoms with van der Waals surface area (Å²) in [6, 6.07) is 6.01. The van der Waals surface area contributed by atoms with Crippen LogP contribution in [0.5, 0.6) is 0 Å². The van der Waals surface area contributed by atoms with Crippen LogP contribution in [0.25, 0.3) is 11.0 Å². The molecule has 3 rings (SSSR count). The molecule has 0 amide bonds. The van der Waals surface area contributed by atoms with Crippen LogP contribution in [0.4, 0.5) is 0 Å². The van der Waals surface area contributed by atoms with Crippen molar-refractivity contribution in [3.05, 3.63) is 29.0 Å². The summed E-state index contributed by atoms with van der Waals surface area (Å²) < 4.78 is 2.35. The first-order valence-electron chi connectivity index (χ1n) is 7.57. The Kier molecular flexibility index (Phi) is 3.74. The first kappa shape index (κ1) is 13.9. The standard InChI is InChI=1S/C16H22ClN3/c1-3-7-16(8-9-18-11-16)15-19-13-6-5-12(17)10-14(13)20(15)4-2/h5-6,10,18H,3-4,7-9,11H2,1-2H3. The van der Waals surface area contributed by atoms with Crippen LogP contribution in [-0.2, 0) is 12.0 Å². The third-order valence-corrected chi connectivity index (χ3v) is 4.71. The second-order valence-corrected chi connectivity index (χ2v) is 6.21. The van der Waals surface area contributed by atoms with Crippen molar-refractivity contribution >= 4 is 22.6 Å². The van der Waals surface area contributed by atoms with Gasteiger partial charge in [-0.2, -0.15) is 0 Å². The zero-order valence-electron chi connectivity index (χ0n) is 12.2. The van der Waals surface area contributed by atoms with Crippen molar-refractivity contribution < 1.29 is 0 Å². The fraction of sp³-hybridized carbons (Fsp3) is 0.562. The van der Waals surface area contributed by atoms with E-state index in [1.807, 2.05) is 18.2 Å². The SMILES string of the molecule is CCCC1(c2nc3ccc(Cl)cc3n2CC)CCNC1. The molecule has 0 aliphatic carbocycles. The van der Waals surface area contributed by atoms with E-state index in [2.05, 4.69) is 23.7 Å². The van der Waals surface area contributed by atoms with E-state index in [0.29, 0.717) is 0 Å². The molecule has 2 heterocycles. The van der Waals surface area contributed by atoms with E-state index in [0.717, 1.165) is 35.7 Å². The number of rotatable bonds is 4. The van der Waals surface area contributed by atoms with Crippen LogP contribution in [-0.4, -0.2) is 22.6 Å². The quantitative estimate of drug-likeness (QED) is 0.930. The molecule has 0 bridgehead atoms. The third kappa shape index (κ3) is 2.13. The molecule has 1 aromatic heterocycles. The number of imidazole rings is 1. The first-order valence-corrected chi connectivity index (χ1v) is 7.95. The van der Waals surface area contributed by atoms with Crippen molar-refractivity contribution in [3.8, 4) is 0 Å². The van der Waals surface area contributed by atoms with Crippen LogP contribution in [0.15, 0.2) is 18.2 Å². The van der Waals surface area contributed by atoms with E-state index >= 15 is 0 Å². The van der Waals surface area contributed by atoms with Crippen LogP contribution in [0.3, 0.4) is 0 Å². The summed E-state index contributed by atoms with van der Waals surface area (Å²) >= 11 is 6.16. The summed E-state index contributed by atoms with van der Waals surface area (Å²) in [7, 11) is 0. The summed E-state index contributed by atoms with van der Waals surface area (Å²) in [6.45, 7) is 7.52. The van der Waals surface area contributed by atoms with Gasteiger partial charge in [-0.25, -0.2) is 4.98 Å². The van der Waals surface area contributed by atoms with Gasteiger partial charge in [-0.15, -0.1) is 0 Å². The molecule has 1 saturated heterocycles. The molecule has 108 valence electrons. The van der Waals surface area contributed by atoms with Crippen molar-refractivity contribution in [2.24, 2.45) is 0 Å². The molecule has 0 radical (unpaired) electrons. The Labute approximate surface area is 125 Å². The van der Waals surface area contributed by atoms with Gasteiger partial charge in [0.1, 0.15) is 5.82 Å². The molecule has 1 aromatic carbocycles. The molecule has 1 fully saturated rings. The normalized spacial score (nSPS) is 22.8. The lowest BCUT2D eigenvalue weighted by Gasteiger charge is -2.28. The van der Waals surface area contributed by atoms with E-state index in [1.165, 1.54) is 25.1 Å². The number of benzene rings is 1. The number of nitrogens with one attached hydrogen (secondary N) is 1. The predicted octanol–water partition coefficient (Wildman–Crippen LogP) is 3.74.